The van der Waals surface area contributed by atoms with E-state index in [2.05, 4.69) is 0 Å². The van der Waals surface area contributed by atoms with Crippen molar-refractivity contribution in [1.82, 2.24) is 0 Å². The van der Waals surface area contributed by atoms with Crippen LogP contribution in [0.2, 0.25) is 0 Å². The fraction of sp³-hybridized carbons (Fsp3) is 0.500. The van der Waals surface area contributed by atoms with Gasteiger partial charge in [-0.1, -0.05) is 18.6 Å². The van der Waals surface area contributed by atoms with E-state index in [1.54, 1.807) is 0 Å². The lowest BCUT2D eigenvalue weighted by Gasteiger charge is -2.24. The number of benzene rings is 1. The van der Waals surface area contributed by atoms with Gasteiger partial charge in [0.05, 0.1) is 6.10 Å². The van der Waals surface area contributed by atoms with Gasteiger partial charge in [-0.3, -0.25) is 4.79 Å². The summed E-state index contributed by atoms with van der Waals surface area (Å²) < 4.78 is 5.58. The summed E-state index contributed by atoms with van der Waals surface area (Å²) >= 11 is 0. The molecule has 0 saturated heterocycles. The van der Waals surface area contributed by atoms with Crippen LogP contribution in [-0.4, -0.2) is 11.9 Å². The van der Waals surface area contributed by atoms with E-state index in [-0.39, 0.29) is 17.8 Å². The average Bonchev–Trinajstić information content (AvgIpc) is 2.14. The van der Waals surface area contributed by atoms with Gasteiger partial charge in [-0.25, -0.2) is 0 Å². The molecule has 0 radical (unpaired) electrons. The minimum atomic E-state index is 0.147. The maximum Gasteiger partial charge on any atom is 0.166 e. The number of ether oxygens (including phenoxy) is 1. The van der Waals surface area contributed by atoms with E-state index in [4.69, 9.17) is 4.74 Å². The van der Waals surface area contributed by atoms with Gasteiger partial charge >= 0.3 is 0 Å². The van der Waals surface area contributed by atoms with E-state index < -0.39 is 0 Å². The van der Waals surface area contributed by atoms with Gasteiger partial charge < -0.3 is 4.74 Å². The third-order valence-corrected chi connectivity index (χ3v) is 2.97. The Morgan fingerprint density at radius 2 is 2.12 bits per heavy atom. The summed E-state index contributed by atoms with van der Waals surface area (Å²) in [6, 6.07) is 7.54. The smallest absolute Gasteiger partial charge is 0.166 e. The van der Waals surface area contributed by atoms with Gasteiger partial charge in [-0.15, -0.1) is 0 Å². The Bertz CT molecular complexity index is 378. The van der Waals surface area contributed by atoms with E-state index >= 15 is 0 Å². The van der Waals surface area contributed by atoms with Crippen molar-refractivity contribution in [3.8, 4) is 5.75 Å². The normalized spacial score (nSPS) is 15.9. The molecule has 0 unspecified atom stereocenters. The summed E-state index contributed by atoms with van der Waals surface area (Å²) in [6.45, 7) is 3.97. The molecule has 0 heterocycles. The third kappa shape index (κ3) is 2.43. The number of carbonyl (C=O) groups excluding carboxylic acids is 1. The molecule has 1 fully saturated rings. The predicted molar refractivity (Wildman–Crippen MR) is 63.9 cm³/mol. The summed E-state index contributed by atoms with van der Waals surface area (Å²) in [4.78, 5) is 12.0. The van der Waals surface area contributed by atoms with Crippen LogP contribution in [0.3, 0.4) is 0 Å². The third-order valence-electron chi connectivity index (χ3n) is 2.97. The van der Waals surface area contributed by atoms with Crippen molar-refractivity contribution < 1.29 is 9.53 Å². The first-order valence-electron chi connectivity index (χ1n) is 5.98. The molecule has 2 nitrogen and oxygen atoms in total. The van der Waals surface area contributed by atoms with Crippen molar-refractivity contribution >= 4 is 5.78 Å². The second-order valence-corrected chi connectivity index (χ2v) is 4.69. The van der Waals surface area contributed by atoms with Gasteiger partial charge in [0.25, 0.3) is 0 Å². The van der Waals surface area contributed by atoms with Crippen LogP contribution in [0.5, 0.6) is 5.75 Å². The molecule has 0 spiro atoms. The van der Waals surface area contributed by atoms with E-state index in [1.807, 2.05) is 38.1 Å². The Morgan fingerprint density at radius 1 is 1.38 bits per heavy atom. The number of rotatable bonds is 4. The van der Waals surface area contributed by atoms with E-state index in [9.17, 15) is 4.79 Å². The van der Waals surface area contributed by atoms with Crippen molar-refractivity contribution in [3.05, 3.63) is 29.8 Å². The SMILES string of the molecule is CC(C)Oc1cccc(C(=O)C2CCC2)c1. The largest absolute Gasteiger partial charge is 0.491 e. The van der Waals surface area contributed by atoms with Crippen molar-refractivity contribution in [2.24, 2.45) is 5.92 Å². The molecule has 1 aromatic rings. The molecule has 2 heteroatoms. The van der Waals surface area contributed by atoms with E-state index in [0.29, 0.717) is 0 Å². The van der Waals surface area contributed by atoms with Crippen LogP contribution in [-0.2, 0) is 0 Å². The van der Waals surface area contributed by atoms with Gasteiger partial charge in [-0.05, 0) is 38.8 Å². The van der Waals surface area contributed by atoms with Gasteiger partial charge in [0.15, 0.2) is 5.78 Å². The molecule has 0 bridgehead atoms. The minimum absolute atomic E-state index is 0.147. The van der Waals surface area contributed by atoms with Gasteiger partial charge in [-0.2, -0.15) is 0 Å². The number of Topliss-reactive ketones (excluding diaryl/α,β-unsaturated/α-hetero) is 1. The lowest BCUT2D eigenvalue weighted by molar-refractivity contribution is 0.0854. The van der Waals surface area contributed by atoms with Crippen molar-refractivity contribution in [1.29, 1.82) is 0 Å². The Balaban J connectivity index is 2.11. The molecule has 86 valence electrons. The molecule has 0 amide bonds. The molecule has 1 aromatic carbocycles. The zero-order valence-corrected chi connectivity index (χ0v) is 9.90. The fourth-order valence-electron chi connectivity index (χ4n) is 1.90. The first-order chi connectivity index (χ1) is 7.66. The summed E-state index contributed by atoms with van der Waals surface area (Å²) in [5.41, 5.74) is 0.794. The van der Waals surface area contributed by atoms with Crippen LogP contribution in [0.15, 0.2) is 24.3 Å². The molecule has 0 N–H and O–H groups in total. The summed E-state index contributed by atoms with van der Waals surface area (Å²) in [6.07, 6.45) is 3.44. The Morgan fingerprint density at radius 3 is 2.69 bits per heavy atom. The fourth-order valence-corrected chi connectivity index (χ4v) is 1.90. The minimum Gasteiger partial charge on any atom is -0.491 e. The summed E-state index contributed by atoms with van der Waals surface area (Å²) in [5.74, 6) is 1.33. The number of carbonyl (C=O) groups is 1. The number of ketones is 1. The second kappa shape index (κ2) is 4.69. The average molecular weight is 218 g/mol. The lowest BCUT2D eigenvalue weighted by atomic mass is 9.80. The van der Waals surface area contributed by atoms with E-state index in [1.165, 1.54) is 6.42 Å². The monoisotopic (exact) mass is 218 g/mol. The molecule has 2 rings (SSSR count). The standard InChI is InChI=1S/C14H18O2/c1-10(2)16-13-8-4-7-12(9-13)14(15)11-5-3-6-11/h4,7-11H,3,5-6H2,1-2H3. The number of hydrogen-bond donors (Lipinski definition) is 0. The molecule has 1 aliphatic rings. The Kier molecular flexibility index (Phi) is 3.28. The molecular weight excluding hydrogens is 200 g/mol. The highest BCUT2D eigenvalue weighted by Crippen LogP contribution is 2.30. The highest BCUT2D eigenvalue weighted by Gasteiger charge is 2.26. The van der Waals surface area contributed by atoms with Crippen LogP contribution in [0.1, 0.15) is 43.5 Å². The van der Waals surface area contributed by atoms with Crippen LogP contribution >= 0.6 is 0 Å². The molecule has 0 aliphatic heterocycles. The zero-order valence-electron chi connectivity index (χ0n) is 9.90. The second-order valence-electron chi connectivity index (χ2n) is 4.69. The summed E-state index contributed by atoms with van der Waals surface area (Å²) in [5, 5.41) is 0. The van der Waals surface area contributed by atoms with Crippen molar-refractivity contribution in [2.45, 2.75) is 39.2 Å². The topological polar surface area (TPSA) is 26.3 Å². The van der Waals surface area contributed by atoms with Crippen LogP contribution in [0, 0.1) is 5.92 Å². The first kappa shape index (κ1) is 11.2. The molecule has 1 saturated carbocycles. The highest BCUT2D eigenvalue weighted by molar-refractivity contribution is 5.98. The van der Waals surface area contributed by atoms with E-state index in [0.717, 1.165) is 24.2 Å². The maximum atomic E-state index is 12.0. The lowest BCUT2D eigenvalue weighted by Crippen LogP contribution is -2.22. The predicted octanol–water partition coefficient (Wildman–Crippen LogP) is 3.46. The van der Waals surface area contributed by atoms with Crippen molar-refractivity contribution in [3.63, 3.8) is 0 Å². The van der Waals surface area contributed by atoms with Gasteiger partial charge in [0.1, 0.15) is 5.75 Å². The zero-order chi connectivity index (χ0) is 11.5. The Labute approximate surface area is 96.6 Å². The van der Waals surface area contributed by atoms with Crippen molar-refractivity contribution in [2.75, 3.05) is 0 Å². The maximum absolute atomic E-state index is 12.0. The Hall–Kier alpha value is -1.31. The van der Waals surface area contributed by atoms with Crippen LogP contribution in [0.25, 0.3) is 0 Å². The highest BCUT2D eigenvalue weighted by atomic mass is 16.5. The summed E-state index contributed by atoms with van der Waals surface area (Å²) in [7, 11) is 0. The van der Waals surface area contributed by atoms with Crippen LogP contribution < -0.4 is 4.74 Å². The van der Waals surface area contributed by atoms with Crippen LogP contribution in [0.4, 0.5) is 0 Å². The number of hydrogen-bond acceptors (Lipinski definition) is 2. The molecule has 1 aliphatic carbocycles. The van der Waals surface area contributed by atoms with Gasteiger partial charge in [0.2, 0.25) is 0 Å². The van der Waals surface area contributed by atoms with Gasteiger partial charge in [0, 0.05) is 11.5 Å². The molecular formula is C14H18O2. The molecule has 0 atom stereocenters. The quantitative estimate of drug-likeness (QED) is 0.723. The molecule has 16 heavy (non-hydrogen) atoms. The first-order valence-corrected chi connectivity index (χ1v) is 5.98. The molecule has 0 aromatic heterocycles.